The maximum atomic E-state index is 13.2. The molecule has 8 heteroatoms. The first-order valence-corrected chi connectivity index (χ1v) is 11.4. The number of furan rings is 1. The molecule has 0 saturated carbocycles. The van der Waals surface area contributed by atoms with Crippen LogP contribution in [0.3, 0.4) is 0 Å². The van der Waals surface area contributed by atoms with Gasteiger partial charge in [-0.25, -0.2) is 15.0 Å². The van der Waals surface area contributed by atoms with Crippen molar-refractivity contribution in [2.24, 2.45) is 5.10 Å². The van der Waals surface area contributed by atoms with Crippen molar-refractivity contribution < 1.29 is 9.21 Å². The summed E-state index contributed by atoms with van der Waals surface area (Å²) in [6, 6.07) is 15.5. The highest BCUT2D eigenvalue weighted by atomic mass is 32.2. The number of hydrogen-bond donors (Lipinski definition) is 0. The maximum absolute atomic E-state index is 13.2. The van der Waals surface area contributed by atoms with Crippen LogP contribution in [0.5, 0.6) is 0 Å². The Morgan fingerprint density at radius 1 is 1.20 bits per heavy atom. The first-order chi connectivity index (χ1) is 14.7. The van der Waals surface area contributed by atoms with Crippen molar-refractivity contribution in [2.75, 3.05) is 5.75 Å². The van der Waals surface area contributed by atoms with E-state index in [9.17, 15) is 4.79 Å². The molecular weight excluding hydrogens is 416 g/mol. The lowest BCUT2D eigenvalue weighted by Crippen LogP contribution is -2.28. The number of nitrogens with zero attached hydrogens (tertiary/aromatic N) is 4. The number of thioether (sulfide) groups is 1. The molecule has 1 aromatic carbocycles. The summed E-state index contributed by atoms with van der Waals surface area (Å²) >= 11 is 3.06. The molecule has 6 nitrogen and oxygen atoms in total. The van der Waals surface area contributed by atoms with Gasteiger partial charge in [0.2, 0.25) is 0 Å². The minimum absolute atomic E-state index is 0.0553. The summed E-state index contributed by atoms with van der Waals surface area (Å²) in [4.78, 5) is 23.3. The summed E-state index contributed by atoms with van der Waals surface area (Å²) in [6.45, 7) is 1.87. The normalized spacial score (nSPS) is 16.2. The highest BCUT2D eigenvalue weighted by molar-refractivity contribution is 8.00. The molecule has 0 radical (unpaired) electrons. The summed E-state index contributed by atoms with van der Waals surface area (Å²) in [7, 11) is 0. The van der Waals surface area contributed by atoms with Crippen molar-refractivity contribution in [3.8, 4) is 0 Å². The SMILES string of the molecule is Cc1nc(SCC(=O)N2N=C(c3ccco3)CC2c2cccs2)c2ccccc2n1. The molecule has 4 aromatic rings. The van der Waals surface area contributed by atoms with Gasteiger partial charge in [0.1, 0.15) is 22.3 Å². The zero-order chi connectivity index (χ0) is 20.5. The fourth-order valence-electron chi connectivity index (χ4n) is 3.50. The smallest absolute Gasteiger partial charge is 0.253 e. The van der Waals surface area contributed by atoms with Gasteiger partial charge in [-0.2, -0.15) is 5.10 Å². The Morgan fingerprint density at radius 2 is 2.10 bits per heavy atom. The fraction of sp³-hybridized carbons (Fsp3) is 0.182. The second kappa shape index (κ2) is 8.04. The summed E-state index contributed by atoms with van der Waals surface area (Å²) in [6.07, 6.45) is 2.26. The number of carbonyl (C=O) groups excluding carboxylic acids is 1. The van der Waals surface area contributed by atoms with Crippen molar-refractivity contribution in [3.63, 3.8) is 0 Å². The monoisotopic (exact) mass is 434 g/mol. The number of thiophene rings is 1. The van der Waals surface area contributed by atoms with Crippen LogP contribution in [0.15, 0.2) is 74.7 Å². The summed E-state index contributed by atoms with van der Waals surface area (Å²) in [5.41, 5.74) is 1.68. The highest BCUT2D eigenvalue weighted by Gasteiger charge is 2.34. The van der Waals surface area contributed by atoms with Crippen LogP contribution in [-0.4, -0.2) is 32.3 Å². The lowest BCUT2D eigenvalue weighted by molar-refractivity contribution is -0.130. The molecule has 0 fully saturated rings. The van der Waals surface area contributed by atoms with Crippen LogP contribution in [-0.2, 0) is 4.79 Å². The van der Waals surface area contributed by atoms with Gasteiger partial charge in [-0.3, -0.25) is 4.79 Å². The number of hydrazone groups is 1. The number of benzene rings is 1. The highest BCUT2D eigenvalue weighted by Crippen LogP contribution is 2.36. The van der Waals surface area contributed by atoms with E-state index in [0.717, 1.165) is 26.5 Å². The number of para-hydroxylation sites is 1. The number of hydrogen-bond acceptors (Lipinski definition) is 7. The van der Waals surface area contributed by atoms with Gasteiger partial charge in [0, 0.05) is 16.7 Å². The first kappa shape index (κ1) is 19.0. The van der Waals surface area contributed by atoms with E-state index in [4.69, 9.17) is 4.42 Å². The van der Waals surface area contributed by atoms with Crippen LogP contribution >= 0.6 is 23.1 Å². The molecule has 1 aliphatic rings. The van der Waals surface area contributed by atoms with E-state index in [1.807, 2.05) is 60.8 Å². The van der Waals surface area contributed by atoms with Crippen LogP contribution in [0.4, 0.5) is 0 Å². The second-order valence-electron chi connectivity index (χ2n) is 6.88. The van der Waals surface area contributed by atoms with Crippen molar-refractivity contribution in [1.29, 1.82) is 0 Å². The third-order valence-electron chi connectivity index (χ3n) is 4.86. The quantitative estimate of drug-likeness (QED) is 0.324. The molecule has 0 bridgehead atoms. The molecule has 1 aliphatic heterocycles. The fourth-order valence-corrected chi connectivity index (χ4v) is 5.23. The molecule has 0 aliphatic carbocycles. The van der Waals surface area contributed by atoms with Gasteiger partial charge in [-0.05, 0) is 36.6 Å². The van der Waals surface area contributed by atoms with Gasteiger partial charge in [0.25, 0.3) is 5.91 Å². The van der Waals surface area contributed by atoms with Crippen molar-refractivity contribution in [2.45, 2.75) is 24.4 Å². The largest absolute Gasteiger partial charge is 0.463 e. The second-order valence-corrected chi connectivity index (χ2v) is 8.82. The molecule has 3 aromatic heterocycles. The van der Waals surface area contributed by atoms with Gasteiger partial charge in [-0.1, -0.05) is 36.0 Å². The van der Waals surface area contributed by atoms with Gasteiger partial charge in [0.15, 0.2) is 0 Å². The average molecular weight is 435 g/mol. The van der Waals surface area contributed by atoms with Crippen LogP contribution in [0.1, 0.15) is 28.9 Å². The van der Waals surface area contributed by atoms with E-state index in [2.05, 4.69) is 15.1 Å². The molecule has 0 spiro atoms. The number of rotatable bonds is 5. The third kappa shape index (κ3) is 3.64. The molecular formula is C22H18N4O2S2. The molecule has 0 saturated heterocycles. The Kier molecular flexibility index (Phi) is 5.10. The number of aromatic nitrogens is 2. The Balaban J connectivity index is 1.40. The van der Waals surface area contributed by atoms with Crippen molar-refractivity contribution in [3.05, 3.63) is 76.6 Å². The van der Waals surface area contributed by atoms with E-state index in [1.54, 1.807) is 22.6 Å². The van der Waals surface area contributed by atoms with Gasteiger partial charge < -0.3 is 4.42 Å². The standard InChI is InChI=1S/C22H18N4O2S2/c1-14-23-16-7-3-2-6-15(16)22(24-14)30-13-21(27)26-18(20-9-5-11-29-20)12-17(25-26)19-8-4-10-28-19/h2-11,18H,12-13H2,1H3. The number of fused-ring (bicyclic) bond motifs is 1. The number of carbonyl (C=O) groups is 1. The molecule has 5 rings (SSSR count). The Labute approximate surface area is 181 Å². The Bertz CT molecular complexity index is 1220. The maximum Gasteiger partial charge on any atom is 0.253 e. The summed E-state index contributed by atoms with van der Waals surface area (Å²) in [5.74, 6) is 1.59. The van der Waals surface area contributed by atoms with E-state index in [1.165, 1.54) is 11.8 Å². The number of aryl methyl sites for hydroxylation is 1. The van der Waals surface area contributed by atoms with Crippen LogP contribution in [0, 0.1) is 6.92 Å². The molecule has 1 atom stereocenters. The lowest BCUT2D eigenvalue weighted by Gasteiger charge is -2.20. The zero-order valence-electron chi connectivity index (χ0n) is 16.2. The molecule has 1 unspecified atom stereocenters. The van der Waals surface area contributed by atoms with Gasteiger partial charge in [0.05, 0.1) is 23.6 Å². The molecule has 150 valence electrons. The van der Waals surface area contributed by atoms with Crippen molar-refractivity contribution in [1.82, 2.24) is 15.0 Å². The molecule has 0 N–H and O–H groups in total. The first-order valence-electron chi connectivity index (χ1n) is 9.52. The minimum atomic E-state index is -0.109. The summed E-state index contributed by atoms with van der Waals surface area (Å²) in [5, 5.41) is 10.0. The van der Waals surface area contributed by atoms with E-state index < -0.39 is 0 Å². The predicted octanol–water partition coefficient (Wildman–Crippen LogP) is 5.06. The van der Waals surface area contributed by atoms with Gasteiger partial charge in [-0.15, -0.1) is 11.3 Å². The van der Waals surface area contributed by atoms with Crippen LogP contribution in [0.25, 0.3) is 10.9 Å². The molecule has 4 heterocycles. The average Bonchev–Trinajstić information content (AvgIpc) is 3.52. The van der Waals surface area contributed by atoms with Crippen LogP contribution < -0.4 is 0 Å². The van der Waals surface area contributed by atoms with E-state index in [-0.39, 0.29) is 17.7 Å². The molecule has 30 heavy (non-hydrogen) atoms. The zero-order valence-corrected chi connectivity index (χ0v) is 17.8. The van der Waals surface area contributed by atoms with Crippen LogP contribution in [0.2, 0.25) is 0 Å². The topological polar surface area (TPSA) is 71.6 Å². The Hall–Kier alpha value is -2.97. The van der Waals surface area contributed by atoms with Crippen molar-refractivity contribution >= 4 is 45.6 Å². The number of amides is 1. The lowest BCUT2D eigenvalue weighted by atomic mass is 10.1. The Morgan fingerprint density at radius 3 is 2.90 bits per heavy atom. The molecule has 1 amide bonds. The van der Waals surface area contributed by atoms with E-state index >= 15 is 0 Å². The van der Waals surface area contributed by atoms with E-state index in [0.29, 0.717) is 18.0 Å². The third-order valence-corrected chi connectivity index (χ3v) is 6.80. The van der Waals surface area contributed by atoms with Gasteiger partial charge >= 0.3 is 0 Å². The predicted molar refractivity (Wildman–Crippen MR) is 119 cm³/mol. The minimum Gasteiger partial charge on any atom is -0.463 e. The summed E-state index contributed by atoms with van der Waals surface area (Å²) < 4.78 is 5.51.